The minimum absolute atomic E-state index is 0.120. The highest BCUT2D eigenvalue weighted by Gasteiger charge is 2.18. The van der Waals surface area contributed by atoms with Crippen LogP contribution in [-0.4, -0.2) is 13.4 Å². The molecule has 0 bridgehead atoms. The minimum atomic E-state index is -3.45. The maximum absolute atomic E-state index is 12.8. The van der Waals surface area contributed by atoms with Gasteiger partial charge in [0.25, 0.3) is 0 Å². The number of hydrogen-bond acceptors (Lipinski definition) is 4. The Kier molecular flexibility index (Phi) is 3.49. The molecule has 0 saturated carbocycles. The lowest BCUT2D eigenvalue weighted by atomic mass is 10.4. The van der Waals surface area contributed by atoms with Gasteiger partial charge in [-0.2, -0.15) is 0 Å². The third-order valence-corrected chi connectivity index (χ3v) is 5.46. The van der Waals surface area contributed by atoms with Crippen molar-refractivity contribution in [2.75, 3.05) is 0 Å². The lowest BCUT2D eigenvalue weighted by molar-refractivity contribution is 0.594. The zero-order valence-corrected chi connectivity index (χ0v) is 11.6. The number of sulfone groups is 1. The molecule has 1 aromatic heterocycles. The van der Waals surface area contributed by atoms with Gasteiger partial charge in [0.15, 0.2) is 9.84 Å². The van der Waals surface area contributed by atoms with E-state index < -0.39 is 15.7 Å². The predicted molar refractivity (Wildman–Crippen MR) is 68.9 cm³/mol. The first-order chi connectivity index (χ1) is 8.38. The van der Waals surface area contributed by atoms with Gasteiger partial charge in [-0.05, 0) is 38.1 Å². The number of hydrogen-bond donors (Lipinski definition) is 0. The molecular weight excluding hydrogens is 273 g/mol. The van der Waals surface area contributed by atoms with E-state index in [1.54, 1.807) is 0 Å². The first kappa shape index (κ1) is 13.2. The summed E-state index contributed by atoms with van der Waals surface area (Å²) in [5, 5.41) is 0.564. The second kappa shape index (κ2) is 4.78. The van der Waals surface area contributed by atoms with E-state index in [0.717, 1.165) is 22.7 Å². The zero-order valence-electron chi connectivity index (χ0n) is 9.97. The van der Waals surface area contributed by atoms with E-state index in [-0.39, 0.29) is 10.6 Å². The van der Waals surface area contributed by atoms with Crippen LogP contribution in [0.2, 0.25) is 0 Å². The molecule has 96 valence electrons. The van der Waals surface area contributed by atoms with Gasteiger partial charge in [-0.25, -0.2) is 17.8 Å². The van der Waals surface area contributed by atoms with E-state index in [1.807, 2.05) is 13.8 Å². The summed E-state index contributed by atoms with van der Waals surface area (Å²) >= 11 is 1.37. The Bertz CT molecular complexity index is 640. The first-order valence-electron chi connectivity index (χ1n) is 5.30. The number of nitrogens with zero attached hydrogens (tertiary/aromatic N) is 1. The largest absolute Gasteiger partial charge is 0.245 e. The van der Waals surface area contributed by atoms with Gasteiger partial charge in [0.05, 0.1) is 10.6 Å². The van der Waals surface area contributed by atoms with Crippen molar-refractivity contribution in [3.8, 4) is 0 Å². The molecule has 0 N–H and O–H groups in total. The second-order valence-electron chi connectivity index (χ2n) is 3.96. The van der Waals surface area contributed by atoms with Crippen LogP contribution in [0.25, 0.3) is 0 Å². The number of aromatic nitrogens is 1. The van der Waals surface area contributed by atoms with Crippen molar-refractivity contribution >= 4 is 21.2 Å². The number of aryl methyl sites for hydroxylation is 2. The van der Waals surface area contributed by atoms with Crippen LogP contribution in [-0.2, 0) is 15.6 Å². The van der Waals surface area contributed by atoms with Crippen LogP contribution < -0.4 is 0 Å². The normalized spacial score (nSPS) is 11.7. The molecule has 0 aliphatic carbocycles. The third kappa shape index (κ3) is 2.76. The monoisotopic (exact) mass is 285 g/mol. The summed E-state index contributed by atoms with van der Waals surface area (Å²) in [5.74, 6) is -0.590. The molecule has 0 saturated heterocycles. The molecule has 2 aromatic rings. The molecule has 0 atom stereocenters. The van der Waals surface area contributed by atoms with Gasteiger partial charge in [0, 0.05) is 4.88 Å². The molecule has 1 heterocycles. The molecule has 2 rings (SSSR count). The lowest BCUT2D eigenvalue weighted by Gasteiger charge is -2.01. The van der Waals surface area contributed by atoms with Gasteiger partial charge in [-0.15, -0.1) is 11.3 Å². The van der Waals surface area contributed by atoms with Gasteiger partial charge >= 0.3 is 0 Å². The van der Waals surface area contributed by atoms with Crippen LogP contribution >= 0.6 is 11.3 Å². The fraction of sp³-hybridized carbons (Fsp3) is 0.250. The fourth-order valence-electron chi connectivity index (χ4n) is 1.49. The molecule has 0 aliphatic heterocycles. The molecule has 0 unspecified atom stereocenters. The number of rotatable bonds is 3. The maximum atomic E-state index is 12.8. The summed E-state index contributed by atoms with van der Waals surface area (Å²) < 4.78 is 36.9. The average Bonchev–Trinajstić information content (AvgIpc) is 2.57. The first-order valence-corrected chi connectivity index (χ1v) is 7.76. The van der Waals surface area contributed by atoms with Gasteiger partial charge in [0.1, 0.15) is 16.6 Å². The van der Waals surface area contributed by atoms with Crippen molar-refractivity contribution in [1.29, 1.82) is 0 Å². The van der Waals surface area contributed by atoms with Crippen LogP contribution in [0.4, 0.5) is 4.39 Å². The van der Waals surface area contributed by atoms with Crippen molar-refractivity contribution in [2.24, 2.45) is 0 Å². The molecule has 3 nitrogen and oxygen atoms in total. The highest BCUT2D eigenvalue weighted by atomic mass is 32.2. The van der Waals surface area contributed by atoms with Gasteiger partial charge in [-0.1, -0.05) is 0 Å². The Morgan fingerprint density at radius 3 is 2.33 bits per heavy atom. The minimum Gasteiger partial charge on any atom is -0.245 e. The Morgan fingerprint density at radius 1 is 1.22 bits per heavy atom. The Labute approximate surface area is 109 Å². The second-order valence-corrected chi connectivity index (χ2v) is 7.24. The number of halogens is 1. The molecule has 0 spiro atoms. The van der Waals surface area contributed by atoms with E-state index in [0.29, 0.717) is 5.01 Å². The van der Waals surface area contributed by atoms with Crippen LogP contribution in [0.1, 0.15) is 15.6 Å². The summed E-state index contributed by atoms with van der Waals surface area (Å²) in [6.45, 7) is 3.75. The molecular formula is C12H12FNO2S2. The quantitative estimate of drug-likeness (QED) is 0.815. The Morgan fingerprint density at radius 2 is 1.83 bits per heavy atom. The van der Waals surface area contributed by atoms with E-state index in [1.165, 1.54) is 23.5 Å². The number of benzene rings is 1. The predicted octanol–water partition coefficient (Wildman–Crippen LogP) is 2.87. The summed E-state index contributed by atoms with van der Waals surface area (Å²) in [4.78, 5) is 5.34. The van der Waals surface area contributed by atoms with Crippen LogP contribution in [0.15, 0.2) is 29.2 Å². The molecule has 0 amide bonds. The summed E-state index contributed by atoms with van der Waals surface area (Å²) in [7, 11) is -3.45. The molecule has 18 heavy (non-hydrogen) atoms. The topological polar surface area (TPSA) is 47.0 Å². The van der Waals surface area contributed by atoms with Crippen LogP contribution in [0.5, 0.6) is 0 Å². The van der Waals surface area contributed by atoms with E-state index >= 15 is 0 Å². The lowest BCUT2D eigenvalue weighted by Crippen LogP contribution is -2.04. The Balaban J connectivity index is 2.29. The van der Waals surface area contributed by atoms with Crippen LogP contribution in [0, 0.1) is 19.7 Å². The third-order valence-electron chi connectivity index (χ3n) is 2.56. The zero-order chi connectivity index (χ0) is 13.3. The summed E-state index contributed by atoms with van der Waals surface area (Å²) in [6.07, 6.45) is 0. The van der Waals surface area contributed by atoms with Crippen molar-refractivity contribution < 1.29 is 12.8 Å². The Hall–Kier alpha value is -1.27. The summed E-state index contributed by atoms with van der Waals surface area (Å²) in [5.41, 5.74) is 0.851. The smallest absolute Gasteiger partial charge is 0.184 e. The van der Waals surface area contributed by atoms with Crippen molar-refractivity contribution in [1.82, 2.24) is 4.98 Å². The summed E-state index contributed by atoms with van der Waals surface area (Å²) in [6, 6.07) is 4.84. The van der Waals surface area contributed by atoms with Gasteiger partial charge in [0.2, 0.25) is 0 Å². The average molecular weight is 285 g/mol. The molecule has 0 radical (unpaired) electrons. The van der Waals surface area contributed by atoms with Gasteiger partial charge in [-0.3, -0.25) is 0 Å². The fourth-order valence-corrected chi connectivity index (χ4v) is 4.03. The van der Waals surface area contributed by atoms with Crippen molar-refractivity contribution in [3.63, 3.8) is 0 Å². The van der Waals surface area contributed by atoms with Crippen molar-refractivity contribution in [2.45, 2.75) is 24.5 Å². The highest BCUT2D eigenvalue weighted by Crippen LogP contribution is 2.22. The van der Waals surface area contributed by atoms with Crippen molar-refractivity contribution in [3.05, 3.63) is 45.7 Å². The van der Waals surface area contributed by atoms with Crippen LogP contribution in [0.3, 0.4) is 0 Å². The SMILES string of the molecule is Cc1nc(CS(=O)(=O)c2ccc(F)cc2)sc1C. The molecule has 6 heteroatoms. The maximum Gasteiger partial charge on any atom is 0.184 e. The standard InChI is InChI=1S/C12H12FNO2S2/c1-8-9(2)17-12(14-8)7-18(15,16)11-5-3-10(13)4-6-11/h3-6H,7H2,1-2H3. The highest BCUT2D eigenvalue weighted by molar-refractivity contribution is 7.90. The van der Waals surface area contributed by atoms with E-state index in [9.17, 15) is 12.8 Å². The molecule has 0 fully saturated rings. The molecule has 0 aliphatic rings. The van der Waals surface area contributed by atoms with E-state index in [2.05, 4.69) is 4.98 Å². The van der Waals surface area contributed by atoms with Gasteiger partial charge < -0.3 is 0 Å². The molecule has 1 aromatic carbocycles. The number of thiazole rings is 1. The van der Waals surface area contributed by atoms with E-state index in [4.69, 9.17) is 0 Å².